The molecule has 0 bridgehead atoms. The van der Waals surface area contributed by atoms with Gasteiger partial charge in [-0.3, -0.25) is 13.7 Å². The molecular formula is C28H25F4N5O2S2. The summed E-state index contributed by atoms with van der Waals surface area (Å²) in [5.74, 6) is 3.16. The molecule has 0 amide bonds. The van der Waals surface area contributed by atoms with Gasteiger partial charge in [-0.2, -0.15) is 23.4 Å². The second-order valence-corrected chi connectivity index (χ2v) is 14.1. The van der Waals surface area contributed by atoms with Crippen LogP contribution < -0.4 is 0 Å². The largest absolute Gasteiger partial charge is 0.427 e. The van der Waals surface area contributed by atoms with Gasteiger partial charge in [-0.25, -0.2) is 14.1 Å². The Kier molecular flexibility index (Phi) is 6.57. The Morgan fingerprint density at radius 3 is 2.61 bits per heavy atom. The molecule has 13 heteroatoms. The van der Waals surface area contributed by atoms with E-state index in [1.54, 1.807) is 40.9 Å². The Labute approximate surface area is 237 Å². The van der Waals surface area contributed by atoms with Gasteiger partial charge in [-0.1, -0.05) is 5.57 Å². The van der Waals surface area contributed by atoms with Gasteiger partial charge in [0.25, 0.3) is 0 Å². The molecule has 0 spiro atoms. The summed E-state index contributed by atoms with van der Waals surface area (Å²) in [6.45, 7) is 0. The number of Topliss-reactive ketones (excluding diaryl/α,β-unsaturated/α-hetero) is 1. The van der Waals surface area contributed by atoms with Crippen molar-refractivity contribution >= 4 is 38.6 Å². The van der Waals surface area contributed by atoms with E-state index in [9.17, 15) is 26.6 Å². The molecule has 41 heavy (non-hydrogen) atoms. The van der Waals surface area contributed by atoms with E-state index in [1.165, 1.54) is 18.3 Å². The molecule has 3 aromatic heterocycles. The predicted octanol–water partition coefficient (Wildman–Crippen LogP) is 5.60. The number of aryl methyl sites for hydroxylation is 1. The molecular weight excluding hydrogens is 578 g/mol. The fourth-order valence-corrected chi connectivity index (χ4v) is 8.57. The van der Waals surface area contributed by atoms with E-state index >= 15 is 0 Å². The van der Waals surface area contributed by atoms with Crippen molar-refractivity contribution in [3.8, 4) is 5.69 Å². The van der Waals surface area contributed by atoms with Crippen molar-refractivity contribution in [3.63, 3.8) is 0 Å². The van der Waals surface area contributed by atoms with Gasteiger partial charge < -0.3 is 0 Å². The maximum Gasteiger partial charge on any atom is 0.427 e. The number of alkyl halides is 3. The van der Waals surface area contributed by atoms with Crippen molar-refractivity contribution in [2.45, 2.75) is 36.8 Å². The number of carbonyl (C=O) groups excluding carboxylic acids is 1. The molecule has 1 fully saturated rings. The molecule has 2 aliphatic rings. The third-order valence-corrected chi connectivity index (χ3v) is 11.0. The zero-order valence-electron chi connectivity index (χ0n) is 21.9. The molecule has 0 N–H and O–H groups in total. The molecule has 2 aliphatic carbocycles. The summed E-state index contributed by atoms with van der Waals surface area (Å²) >= 11 is 0.342. The van der Waals surface area contributed by atoms with Crippen LogP contribution in [0.3, 0.4) is 0 Å². The molecule has 3 atom stereocenters. The minimum atomic E-state index is -4.61. The monoisotopic (exact) mass is 603 g/mol. The van der Waals surface area contributed by atoms with Gasteiger partial charge in [-0.15, -0.1) is 11.3 Å². The van der Waals surface area contributed by atoms with Gasteiger partial charge in [0, 0.05) is 19.0 Å². The lowest BCUT2D eigenvalue weighted by atomic mass is 9.60. The minimum absolute atomic E-state index is 0.183. The number of allylic oxidation sites excluding steroid dienone is 1. The van der Waals surface area contributed by atoms with Crippen molar-refractivity contribution < 1.29 is 26.6 Å². The quantitative estimate of drug-likeness (QED) is 0.163. The lowest BCUT2D eigenvalue weighted by Gasteiger charge is -2.44. The molecule has 1 saturated carbocycles. The van der Waals surface area contributed by atoms with Gasteiger partial charge in [0.1, 0.15) is 10.7 Å². The van der Waals surface area contributed by atoms with Crippen LogP contribution in [0.1, 0.15) is 45.2 Å². The maximum atomic E-state index is 14.2. The third kappa shape index (κ3) is 4.94. The summed E-state index contributed by atoms with van der Waals surface area (Å²) < 4.78 is 70.6. The first kappa shape index (κ1) is 27.6. The lowest BCUT2D eigenvalue weighted by Crippen LogP contribution is -2.43. The Bertz CT molecular complexity index is 1780. The van der Waals surface area contributed by atoms with Crippen LogP contribution in [0.5, 0.6) is 0 Å². The molecule has 1 aromatic carbocycles. The molecule has 6 rings (SSSR count). The molecule has 0 aliphatic heterocycles. The van der Waals surface area contributed by atoms with E-state index in [2.05, 4.69) is 21.1 Å². The van der Waals surface area contributed by atoms with Crippen LogP contribution in [-0.4, -0.2) is 46.2 Å². The summed E-state index contributed by atoms with van der Waals surface area (Å²) in [6, 6.07) is 5.86. The average molecular weight is 604 g/mol. The summed E-state index contributed by atoms with van der Waals surface area (Å²) in [6.07, 6.45) is 4.38. The lowest BCUT2D eigenvalue weighted by molar-refractivity contribution is -0.134. The maximum absolute atomic E-state index is 14.2. The van der Waals surface area contributed by atoms with Gasteiger partial charge in [0.15, 0.2) is 5.01 Å². The average Bonchev–Trinajstić information content (AvgIpc) is 3.67. The Morgan fingerprint density at radius 1 is 1.20 bits per heavy atom. The number of hydrogen-bond acceptors (Lipinski definition) is 6. The van der Waals surface area contributed by atoms with Crippen LogP contribution in [0.25, 0.3) is 11.8 Å². The van der Waals surface area contributed by atoms with E-state index < -0.39 is 31.8 Å². The number of ketones is 1. The topological polar surface area (TPSA) is 82.7 Å². The highest BCUT2D eigenvalue weighted by atomic mass is 32.2. The highest BCUT2D eigenvalue weighted by molar-refractivity contribution is 8.00. The normalized spacial score (nSPS) is 22.0. The van der Waals surface area contributed by atoms with E-state index in [0.29, 0.717) is 41.0 Å². The van der Waals surface area contributed by atoms with E-state index in [4.69, 9.17) is 0 Å². The number of thiazole rings is 1. The molecule has 7 nitrogen and oxygen atoms in total. The molecule has 0 radical (unpaired) electrons. The summed E-state index contributed by atoms with van der Waals surface area (Å²) in [5, 5.41) is 8.39. The zero-order chi connectivity index (χ0) is 29.2. The van der Waals surface area contributed by atoms with E-state index in [-0.39, 0.29) is 35.3 Å². The van der Waals surface area contributed by atoms with Crippen LogP contribution in [0.2, 0.25) is 0 Å². The van der Waals surface area contributed by atoms with Crippen molar-refractivity contribution in [3.05, 3.63) is 81.6 Å². The zero-order valence-corrected chi connectivity index (χ0v) is 23.5. The number of benzene rings is 1. The molecule has 0 saturated heterocycles. The Balaban J connectivity index is 1.40. The summed E-state index contributed by atoms with van der Waals surface area (Å²) in [7, 11) is -1.01. The first-order valence-corrected chi connectivity index (χ1v) is 15.5. The van der Waals surface area contributed by atoms with Crippen molar-refractivity contribution in [1.82, 2.24) is 24.5 Å². The van der Waals surface area contributed by atoms with Crippen molar-refractivity contribution in [1.29, 1.82) is 0 Å². The van der Waals surface area contributed by atoms with Gasteiger partial charge in [0.2, 0.25) is 5.78 Å². The number of fused-ring (bicyclic) bond motifs is 2. The van der Waals surface area contributed by atoms with Crippen LogP contribution in [0, 0.1) is 17.2 Å². The second kappa shape index (κ2) is 9.76. The first-order valence-electron chi connectivity index (χ1n) is 12.8. The number of hydrogen-bond donors (Lipinski definition) is 0. The molecule has 3 heterocycles. The van der Waals surface area contributed by atoms with E-state index in [1.807, 2.05) is 6.08 Å². The van der Waals surface area contributed by atoms with Gasteiger partial charge in [-0.05, 0) is 82.9 Å². The van der Waals surface area contributed by atoms with Gasteiger partial charge >= 0.3 is 6.18 Å². The SMILES string of the molecule is C=S(=O)(CC1CCC2=Cc3c(cnn3-c3ccc(F)cc3)C[C@]2(C(=O)c2ncc(C(F)(F)F)s2)C1)c1cnn(C)c1. The highest BCUT2D eigenvalue weighted by Crippen LogP contribution is 2.52. The van der Waals surface area contributed by atoms with Crippen LogP contribution >= 0.6 is 11.3 Å². The Morgan fingerprint density at radius 2 is 1.95 bits per heavy atom. The smallest absolute Gasteiger partial charge is 0.290 e. The van der Waals surface area contributed by atoms with Crippen molar-refractivity contribution in [2.75, 3.05) is 5.75 Å². The number of rotatable bonds is 6. The number of nitrogens with zero attached hydrogens (tertiary/aromatic N) is 5. The fourth-order valence-electron chi connectivity index (χ4n) is 5.92. The molecule has 2 unspecified atom stereocenters. The van der Waals surface area contributed by atoms with Crippen LogP contribution in [0.4, 0.5) is 17.6 Å². The fraction of sp³-hybridized carbons (Fsp3) is 0.321. The standard InChI is InChI=1S/C28H25F4N5O2S2/c1-36-15-22(13-34-36)41(2,39)16-17-3-4-19-9-23-18(12-35-37(23)21-7-5-20(29)6-8-21)11-27(19,10-17)25(38)26-33-14-24(40-26)28(30,31)32/h5-9,12-15,17H,2-4,10-11,16H2,1H3/t17?,27-,41?/m1/s1. The van der Waals surface area contributed by atoms with Crippen molar-refractivity contribution in [2.24, 2.45) is 18.4 Å². The highest BCUT2D eigenvalue weighted by Gasteiger charge is 2.50. The Hall–Kier alpha value is -3.58. The van der Waals surface area contributed by atoms with Crippen LogP contribution in [-0.2, 0) is 29.2 Å². The summed E-state index contributed by atoms with van der Waals surface area (Å²) in [4.78, 5) is 17.7. The second-order valence-electron chi connectivity index (χ2n) is 10.7. The minimum Gasteiger partial charge on any atom is -0.290 e. The third-order valence-electron chi connectivity index (χ3n) is 7.86. The first-order chi connectivity index (χ1) is 19.4. The number of halogens is 4. The van der Waals surface area contributed by atoms with E-state index in [0.717, 1.165) is 16.8 Å². The van der Waals surface area contributed by atoms with Gasteiger partial charge in [0.05, 0.1) is 40.3 Å². The predicted molar refractivity (Wildman–Crippen MR) is 148 cm³/mol. The number of carbonyl (C=O) groups is 1. The van der Waals surface area contributed by atoms with Crippen LogP contribution in [0.15, 0.2) is 59.5 Å². The molecule has 214 valence electrons. The molecule has 4 aromatic rings. The number of aromatic nitrogens is 5. The summed E-state index contributed by atoms with van der Waals surface area (Å²) in [5.41, 5.74) is 1.72.